The number of rotatable bonds is 7. The summed E-state index contributed by atoms with van der Waals surface area (Å²) in [6, 6.07) is 0.489. The highest BCUT2D eigenvalue weighted by molar-refractivity contribution is 5.77. The van der Waals surface area contributed by atoms with Crippen molar-refractivity contribution < 1.29 is 4.79 Å². The third-order valence-electron chi connectivity index (χ3n) is 3.42. The van der Waals surface area contributed by atoms with Crippen LogP contribution in [0.5, 0.6) is 0 Å². The highest BCUT2D eigenvalue weighted by Gasteiger charge is 2.24. The minimum Gasteiger partial charge on any atom is -0.353 e. The second kappa shape index (κ2) is 7.67. The molecule has 1 amide bonds. The van der Waals surface area contributed by atoms with E-state index in [9.17, 15) is 4.79 Å². The minimum atomic E-state index is 0.108. The standard InChI is InChI=1S/C13H27N3O/c1-4-14-10-13(17)15-9-12(11(2)3)16-7-5-6-8-16/h11-12,14H,4-10H2,1-3H3,(H,15,17). The first-order chi connectivity index (χ1) is 8.15. The van der Waals surface area contributed by atoms with Crippen molar-refractivity contribution in [1.29, 1.82) is 0 Å². The van der Waals surface area contributed by atoms with Gasteiger partial charge in [-0.25, -0.2) is 0 Å². The Morgan fingerprint density at radius 3 is 2.47 bits per heavy atom. The molecule has 0 aromatic rings. The summed E-state index contributed by atoms with van der Waals surface area (Å²) < 4.78 is 0. The normalized spacial score (nSPS) is 18.6. The van der Waals surface area contributed by atoms with Crippen molar-refractivity contribution in [1.82, 2.24) is 15.5 Å². The third kappa shape index (κ3) is 5.04. The Hall–Kier alpha value is -0.610. The Morgan fingerprint density at radius 1 is 1.29 bits per heavy atom. The van der Waals surface area contributed by atoms with Crippen LogP contribution >= 0.6 is 0 Å². The van der Waals surface area contributed by atoms with Crippen molar-refractivity contribution in [3.8, 4) is 0 Å². The molecule has 0 saturated carbocycles. The van der Waals surface area contributed by atoms with Gasteiger partial charge in [-0.2, -0.15) is 0 Å². The van der Waals surface area contributed by atoms with E-state index >= 15 is 0 Å². The molecular weight excluding hydrogens is 214 g/mol. The van der Waals surface area contributed by atoms with E-state index in [1.165, 1.54) is 25.9 Å². The molecule has 2 N–H and O–H groups in total. The Morgan fingerprint density at radius 2 is 1.94 bits per heavy atom. The van der Waals surface area contributed by atoms with Crippen LogP contribution in [0.15, 0.2) is 0 Å². The number of likely N-dealkylation sites (tertiary alicyclic amines) is 1. The van der Waals surface area contributed by atoms with Gasteiger partial charge in [0, 0.05) is 12.6 Å². The van der Waals surface area contributed by atoms with Crippen molar-refractivity contribution >= 4 is 5.91 Å². The fraction of sp³-hybridized carbons (Fsp3) is 0.923. The molecule has 0 aliphatic carbocycles. The topological polar surface area (TPSA) is 44.4 Å². The fourth-order valence-electron chi connectivity index (χ4n) is 2.38. The molecule has 0 aromatic carbocycles. The molecule has 4 nitrogen and oxygen atoms in total. The predicted molar refractivity (Wildman–Crippen MR) is 71.0 cm³/mol. The lowest BCUT2D eigenvalue weighted by Crippen LogP contribution is -2.47. The summed E-state index contributed by atoms with van der Waals surface area (Å²) in [6.45, 7) is 10.9. The molecule has 17 heavy (non-hydrogen) atoms. The molecule has 0 aromatic heterocycles. The molecule has 1 aliphatic heterocycles. The zero-order chi connectivity index (χ0) is 12.7. The van der Waals surface area contributed by atoms with Crippen LogP contribution < -0.4 is 10.6 Å². The van der Waals surface area contributed by atoms with Gasteiger partial charge in [-0.1, -0.05) is 20.8 Å². The molecule has 1 fully saturated rings. The first-order valence-electron chi connectivity index (χ1n) is 6.86. The molecule has 1 aliphatic rings. The molecule has 0 bridgehead atoms. The van der Waals surface area contributed by atoms with Crippen molar-refractivity contribution in [2.45, 2.75) is 39.7 Å². The predicted octanol–water partition coefficient (Wildman–Crippen LogP) is 0.833. The molecule has 1 rings (SSSR count). The average molecular weight is 241 g/mol. The highest BCUT2D eigenvalue weighted by Crippen LogP contribution is 2.16. The van der Waals surface area contributed by atoms with Gasteiger partial charge in [-0.3, -0.25) is 9.69 Å². The van der Waals surface area contributed by atoms with Crippen molar-refractivity contribution in [3.05, 3.63) is 0 Å². The Balaban J connectivity index is 2.31. The minimum absolute atomic E-state index is 0.108. The summed E-state index contributed by atoms with van der Waals surface area (Å²) in [7, 11) is 0. The molecule has 100 valence electrons. The van der Waals surface area contributed by atoms with E-state index in [1.807, 2.05) is 6.92 Å². The summed E-state index contributed by atoms with van der Waals surface area (Å²) in [5.74, 6) is 0.698. The monoisotopic (exact) mass is 241 g/mol. The molecule has 0 spiro atoms. The van der Waals surface area contributed by atoms with Gasteiger partial charge in [-0.15, -0.1) is 0 Å². The Labute approximate surface area is 105 Å². The number of hydrogen-bond acceptors (Lipinski definition) is 3. The first kappa shape index (κ1) is 14.5. The number of nitrogens with zero attached hydrogens (tertiary/aromatic N) is 1. The molecule has 1 heterocycles. The maximum Gasteiger partial charge on any atom is 0.234 e. The van der Waals surface area contributed by atoms with E-state index in [0.717, 1.165) is 13.1 Å². The van der Waals surface area contributed by atoms with Crippen molar-refractivity contribution in [2.24, 2.45) is 5.92 Å². The number of carbonyl (C=O) groups is 1. The fourth-order valence-corrected chi connectivity index (χ4v) is 2.38. The lowest BCUT2D eigenvalue weighted by Gasteiger charge is -2.31. The maximum atomic E-state index is 11.6. The van der Waals surface area contributed by atoms with Gasteiger partial charge in [-0.05, 0) is 38.4 Å². The number of nitrogens with one attached hydrogen (secondary N) is 2. The molecule has 1 unspecified atom stereocenters. The first-order valence-corrected chi connectivity index (χ1v) is 6.86. The summed E-state index contributed by atoms with van der Waals surface area (Å²) in [5.41, 5.74) is 0. The number of carbonyl (C=O) groups excluding carboxylic acids is 1. The zero-order valence-corrected chi connectivity index (χ0v) is 11.5. The maximum absolute atomic E-state index is 11.6. The van der Waals surface area contributed by atoms with Crippen molar-refractivity contribution in [2.75, 3.05) is 32.7 Å². The molecule has 0 radical (unpaired) electrons. The van der Waals surface area contributed by atoms with Gasteiger partial charge in [0.05, 0.1) is 6.54 Å². The Kier molecular flexibility index (Phi) is 6.52. The third-order valence-corrected chi connectivity index (χ3v) is 3.42. The SMILES string of the molecule is CCNCC(=O)NCC(C(C)C)N1CCCC1. The van der Waals surface area contributed by atoms with E-state index in [0.29, 0.717) is 18.5 Å². The second-order valence-corrected chi connectivity index (χ2v) is 5.14. The van der Waals surface area contributed by atoms with Crippen molar-refractivity contribution in [3.63, 3.8) is 0 Å². The van der Waals surface area contributed by atoms with E-state index < -0.39 is 0 Å². The number of amides is 1. The average Bonchev–Trinajstić information content (AvgIpc) is 2.79. The number of likely N-dealkylation sites (N-methyl/N-ethyl adjacent to an activating group) is 1. The van der Waals surface area contributed by atoms with Crippen LogP contribution in [-0.2, 0) is 4.79 Å². The van der Waals surface area contributed by atoms with Gasteiger partial charge in [0.2, 0.25) is 5.91 Å². The van der Waals surface area contributed by atoms with E-state index in [1.54, 1.807) is 0 Å². The van der Waals surface area contributed by atoms with Crippen LogP contribution in [0.25, 0.3) is 0 Å². The van der Waals surface area contributed by atoms with Gasteiger partial charge >= 0.3 is 0 Å². The molecule has 1 saturated heterocycles. The lowest BCUT2D eigenvalue weighted by molar-refractivity contribution is -0.120. The van der Waals surface area contributed by atoms with E-state index in [-0.39, 0.29) is 5.91 Å². The second-order valence-electron chi connectivity index (χ2n) is 5.14. The van der Waals surface area contributed by atoms with E-state index in [4.69, 9.17) is 0 Å². The molecule has 4 heteroatoms. The summed E-state index contributed by atoms with van der Waals surface area (Å²) in [6.07, 6.45) is 2.60. The van der Waals surface area contributed by atoms with E-state index in [2.05, 4.69) is 29.4 Å². The number of hydrogen-bond donors (Lipinski definition) is 2. The summed E-state index contributed by atoms with van der Waals surface area (Å²) in [5, 5.41) is 6.08. The molecule has 1 atom stereocenters. The smallest absolute Gasteiger partial charge is 0.234 e. The lowest BCUT2D eigenvalue weighted by atomic mass is 10.0. The molecular formula is C13H27N3O. The quantitative estimate of drug-likeness (QED) is 0.694. The Bertz CT molecular complexity index is 225. The van der Waals surface area contributed by atoms with Crippen LogP contribution in [0, 0.1) is 5.92 Å². The largest absolute Gasteiger partial charge is 0.353 e. The summed E-state index contributed by atoms with van der Waals surface area (Å²) in [4.78, 5) is 14.1. The van der Waals surface area contributed by atoms with Gasteiger partial charge in [0.1, 0.15) is 0 Å². The zero-order valence-electron chi connectivity index (χ0n) is 11.5. The van der Waals surface area contributed by atoms with Crippen LogP contribution in [-0.4, -0.2) is 49.6 Å². The highest BCUT2D eigenvalue weighted by atomic mass is 16.1. The summed E-state index contributed by atoms with van der Waals surface area (Å²) >= 11 is 0. The van der Waals surface area contributed by atoms with Gasteiger partial charge < -0.3 is 10.6 Å². The van der Waals surface area contributed by atoms with Crippen LogP contribution in [0.4, 0.5) is 0 Å². The van der Waals surface area contributed by atoms with Crippen LogP contribution in [0.1, 0.15) is 33.6 Å². The van der Waals surface area contributed by atoms with Crippen LogP contribution in [0.2, 0.25) is 0 Å². The van der Waals surface area contributed by atoms with Gasteiger partial charge in [0.25, 0.3) is 0 Å². The van der Waals surface area contributed by atoms with Crippen LogP contribution in [0.3, 0.4) is 0 Å². The van der Waals surface area contributed by atoms with Gasteiger partial charge in [0.15, 0.2) is 0 Å².